The van der Waals surface area contributed by atoms with Crippen molar-refractivity contribution in [3.8, 4) is 0 Å². The summed E-state index contributed by atoms with van der Waals surface area (Å²) < 4.78 is 0.807. The first-order valence-corrected chi connectivity index (χ1v) is 7.42. The molecular formula is C16H14INO3. The molecule has 0 unspecified atom stereocenters. The number of anilines is 1. The summed E-state index contributed by atoms with van der Waals surface area (Å²) in [5.41, 5.74) is 2.38. The zero-order valence-electron chi connectivity index (χ0n) is 11.4. The maximum Gasteiger partial charge on any atom is 0.337 e. The molecule has 2 aromatic carbocycles. The van der Waals surface area contributed by atoms with Crippen LogP contribution in [0.4, 0.5) is 5.69 Å². The van der Waals surface area contributed by atoms with E-state index in [4.69, 9.17) is 0 Å². The highest BCUT2D eigenvalue weighted by atomic mass is 127. The molecule has 2 aromatic rings. The monoisotopic (exact) mass is 395 g/mol. The molecule has 0 saturated carbocycles. The molecule has 0 aliphatic rings. The Bertz CT molecular complexity index is 698. The number of amides is 1. The normalized spacial score (nSPS) is 10.2. The number of halogens is 1. The molecule has 21 heavy (non-hydrogen) atoms. The largest absolute Gasteiger partial charge is 0.478 e. The molecule has 0 atom stereocenters. The van der Waals surface area contributed by atoms with Gasteiger partial charge in [0.25, 0.3) is 0 Å². The standard InChI is InChI=1S/C16H14INO3/c1-10-4-2-3-5-11(10)8-15(19)18-14-7-6-12(17)9-13(14)16(20)21/h2-7,9H,8H2,1H3,(H,18,19)(H,20,21). The second kappa shape index (κ2) is 6.71. The maximum atomic E-state index is 12.1. The average molecular weight is 395 g/mol. The van der Waals surface area contributed by atoms with Crippen molar-refractivity contribution in [2.75, 3.05) is 5.32 Å². The van der Waals surface area contributed by atoms with E-state index in [0.717, 1.165) is 14.7 Å². The van der Waals surface area contributed by atoms with Crippen LogP contribution in [0.15, 0.2) is 42.5 Å². The van der Waals surface area contributed by atoms with E-state index >= 15 is 0 Å². The van der Waals surface area contributed by atoms with Crippen molar-refractivity contribution < 1.29 is 14.7 Å². The molecule has 4 nitrogen and oxygen atoms in total. The van der Waals surface area contributed by atoms with Crippen LogP contribution >= 0.6 is 22.6 Å². The molecule has 0 aliphatic heterocycles. The van der Waals surface area contributed by atoms with Crippen molar-refractivity contribution in [3.05, 3.63) is 62.7 Å². The lowest BCUT2D eigenvalue weighted by atomic mass is 10.1. The van der Waals surface area contributed by atoms with Crippen molar-refractivity contribution in [2.45, 2.75) is 13.3 Å². The fourth-order valence-electron chi connectivity index (χ4n) is 1.98. The van der Waals surface area contributed by atoms with Crippen molar-refractivity contribution in [1.29, 1.82) is 0 Å². The third-order valence-electron chi connectivity index (χ3n) is 3.10. The zero-order valence-corrected chi connectivity index (χ0v) is 13.5. The summed E-state index contributed by atoms with van der Waals surface area (Å²) in [6, 6.07) is 12.5. The lowest BCUT2D eigenvalue weighted by Gasteiger charge is -2.10. The van der Waals surface area contributed by atoms with Gasteiger partial charge in [-0.3, -0.25) is 4.79 Å². The van der Waals surface area contributed by atoms with E-state index < -0.39 is 5.97 Å². The van der Waals surface area contributed by atoms with Crippen molar-refractivity contribution in [3.63, 3.8) is 0 Å². The first kappa shape index (κ1) is 15.5. The Labute approximate surface area is 136 Å². The number of nitrogens with one attached hydrogen (secondary N) is 1. The van der Waals surface area contributed by atoms with E-state index in [1.165, 1.54) is 6.07 Å². The van der Waals surface area contributed by atoms with E-state index in [1.54, 1.807) is 12.1 Å². The van der Waals surface area contributed by atoms with Gasteiger partial charge in [0.15, 0.2) is 0 Å². The average Bonchev–Trinajstić information content (AvgIpc) is 2.43. The third-order valence-corrected chi connectivity index (χ3v) is 3.77. The van der Waals surface area contributed by atoms with Crippen LogP contribution in [0, 0.1) is 10.5 Å². The Morgan fingerprint density at radius 2 is 1.90 bits per heavy atom. The van der Waals surface area contributed by atoms with E-state index in [9.17, 15) is 14.7 Å². The van der Waals surface area contributed by atoms with Crippen molar-refractivity contribution in [2.24, 2.45) is 0 Å². The molecule has 108 valence electrons. The summed E-state index contributed by atoms with van der Waals surface area (Å²) in [4.78, 5) is 23.3. The highest BCUT2D eigenvalue weighted by Crippen LogP contribution is 2.19. The van der Waals surface area contributed by atoms with Gasteiger partial charge in [0.1, 0.15) is 0 Å². The van der Waals surface area contributed by atoms with Gasteiger partial charge >= 0.3 is 5.97 Å². The first-order chi connectivity index (χ1) is 9.97. The SMILES string of the molecule is Cc1ccccc1CC(=O)Nc1ccc(I)cc1C(=O)O. The molecule has 0 saturated heterocycles. The predicted octanol–water partition coefficient (Wildman–Crippen LogP) is 3.48. The van der Waals surface area contributed by atoms with E-state index in [1.807, 2.05) is 53.8 Å². The Hall–Kier alpha value is -1.89. The highest BCUT2D eigenvalue weighted by molar-refractivity contribution is 14.1. The smallest absolute Gasteiger partial charge is 0.337 e. The lowest BCUT2D eigenvalue weighted by molar-refractivity contribution is -0.115. The third kappa shape index (κ3) is 4.04. The Balaban J connectivity index is 2.17. The van der Waals surface area contributed by atoms with Gasteiger partial charge in [-0.1, -0.05) is 24.3 Å². The Kier molecular flexibility index (Phi) is 4.95. The quantitative estimate of drug-likeness (QED) is 0.780. The topological polar surface area (TPSA) is 66.4 Å². The van der Waals surface area contributed by atoms with Crippen molar-refractivity contribution in [1.82, 2.24) is 0 Å². The number of carboxylic acid groups (broad SMARTS) is 1. The van der Waals surface area contributed by atoms with Gasteiger partial charge in [0.05, 0.1) is 17.7 Å². The minimum absolute atomic E-state index is 0.0973. The molecule has 1 amide bonds. The van der Waals surface area contributed by atoms with E-state index in [-0.39, 0.29) is 17.9 Å². The van der Waals surface area contributed by atoms with E-state index in [0.29, 0.717) is 5.69 Å². The maximum absolute atomic E-state index is 12.1. The van der Waals surface area contributed by atoms with Gasteiger partial charge in [0.2, 0.25) is 5.91 Å². The molecule has 0 bridgehead atoms. The molecular weight excluding hydrogens is 381 g/mol. The fourth-order valence-corrected chi connectivity index (χ4v) is 2.47. The second-order valence-electron chi connectivity index (χ2n) is 4.65. The molecule has 0 radical (unpaired) electrons. The number of hydrogen-bond donors (Lipinski definition) is 2. The fraction of sp³-hybridized carbons (Fsp3) is 0.125. The summed E-state index contributed by atoms with van der Waals surface area (Å²) >= 11 is 2.04. The van der Waals surface area contributed by atoms with E-state index in [2.05, 4.69) is 5.32 Å². The van der Waals surface area contributed by atoms with Gasteiger partial charge < -0.3 is 10.4 Å². The summed E-state index contributed by atoms with van der Waals surface area (Å²) in [6.45, 7) is 1.94. The summed E-state index contributed by atoms with van der Waals surface area (Å²) in [6.07, 6.45) is 0.220. The van der Waals surface area contributed by atoms with Crippen LogP contribution < -0.4 is 5.32 Å². The van der Waals surface area contributed by atoms with Crippen LogP contribution in [0.25, 0.3) is 0 Å². The molecule has 0 spiro atoms. The molecule has 2 N–H and O–H groups in total. The Morgan fingerprint density at radius 3 is 2.57 bits per heavy atom. The van der Waals surface area contributed by atoms with Gasteiger partial charge in [-0.25, -0.2) is 4.79 Å². The van der Waals surface area contributed by atoms with Crippen LogP contribution in [0.5, 0.6) is 0 Å². The van der Waals surface area contributed by atoms with Crippen LogP contribution in [-0.2, 0) is 11.2 Å². The number of rotatable bonds is 4. The first-order valence-electron chi connectivity index (χ1n) is 6.34. The zero-order chi connectivity index (χ0) is 15.4. The number of aromatic carboxylic acids is 1. The van der Waals surface area contributed by atoms with Crippen LogP contribution in [0.3, 0.4) is 0 Å². The number of hydrogen-bond acceptors (Lipinski definition) is 2. The molecule has 0 aromatic heterocycles. The number of benzene rings is 2. The van der Waals surface area contributed by atoms with Gasteiger partial charge in [-0.15, -0.1) is 0 Å². The van der Waals surface area contributed by atoms with Gasteiger partial charge in [0, 0.05) is 3.57 Å². The van der Waals surface area contributed by atoms with Crippen molar-refractivity contribution >= 4 is 40.2 Å². The minimum Gasteiger partial charge on any atom is -0.478 e. The Morgan fingerprint density at radius 1 is 1.19 bits per heavy atom. The lowest BCUT2D eigenvalue weighted by Crippen LogP contribution is -2.17. The number of carbonyl (C=O) groups excluding carboxylic acids is 1. The van der Waals surface area contributed by atoms with Crippen LogP contribution in [0.1, 0.15) is 21.5 Å². The minimum atomic E-state index is -1.06. The van der Waals surface area contributed by atoms with Crippen LogP contribution in [-0.4, -0.2) is 17.0 Å². The van der Waals surface area contributed by atoms with Crippen LogP contribution in [0.2, 0.25) is 0 Å². The number of aryl methyl sites for hydroxylation is 1. The number of carbonyl (C=O) groups is 2. The summed E-state index contributed by atoms with van der Waals surface area (Å²) in [5.74, 6) is -1.28. The molecule has 2 rings (SSSR count). The number of carboxylic acids is 1. The molecule has 0 fully saturated rings. The molecule has 0 heterocycles. The summed E-state index contributed by atoms with van der Waals surface area (Å²) in [5, 5.41) is 11.9. The summed E-state index contributed by atoms with van der Waals surface area (Å²) in [7, 11) is 0. The molecule has 0 aliphatic carbocycles. The second-order valence-corrected chi connectivity index (χ2v) is 5.89. The van der Waals surface area contributed by atoms with Gasteiger partial charge in [-0.2, -0.15) is 0 Å². The predicted molar refractivity (Wildman–Crippen MR) is 89.6 cm³/mol. The van der Waals surface area contributed by atoms with Gasteiger partial charge in [-0.05, 0) is 58.8 Å². The molecule has 5 heteroatoms. The highest BCUT2D eigenvalue weighted by Gasteiger charge is 2.13.